The summed E-state index contributed by atoms with van der Waals surface area (Å²) in [5.74, 6) is 3.34. The lowest BCUT2D eigenvalue weighted by Crippen LogP contribution is -2.56. The predicted molar refractivity (Wildman–Crippen MR) is 86.5 cm³/mol. The maximum Gasteiger partial charge on any atom is 0.320 e. The molecule has 0 saturated heterocycles. The number of pyridine rings is 1. The Hall–Kier alpha value is -1.58. The molecule has 118 valence electrons. The van der Waals surface area contributed by atoms with Crippen LogP contribution in [0.25, 0.3) is 0 Å². The number of carbonyl (C=O) groups is 1. The van der Waals surface area contributed by atoms with Crippen LogP contribution in [-0.2, 0) is 0 Å². The van der Waals surface area contributed by atoms with Crippen LogP contribution < -0.4 is 10.6 Å². The topological polar surface area (TPSA) is 54.0 Å². The molecule has 22 heavy (non-hydrogen) atoms. The molecule has 1 aromatic heterocycles. The molecule has 4 aliphatic carbocycles. The molecular formula is C18H25N3O. The molecule has 1 atom stereocenters. The van der Waals surface area contributed by atoms with E-state index in [4.69, 9.17) is 0 Å². The first-order valence-corrected chi connectivity index (χ1v) is 8.61. The van der Waals surface area contributed by atoms with E-state index in [9.17, 15) is 4.79 Å². The van der Waals surface area contributed by atoms with Gasteiger partial charge in [-0.15, -0.1) is 0 Å². The van der Waals surface area contributed by atoms with Crippen LogP contribution in [0.1, 0.15) is 45.4 Å². The van der Waals surface area contributed by atoms with Crippen molar-refractivity contribution in [2.45, 2.75) is 51.5 Å². The summed E-state index contributed by atoms with van der Waals surface area (Å²) >= 11 is 0. The fraction of sp³-hybridized carbons (Fsp3) is 0.667. The third-order valence-corrected chi connectivity index (χ3v) is 6.26. The molecule has 0 spiro atoms. The lowest BCUT2D eigenvalue weighted by atomic mass is 9.48. The summed E-state index contributed by atoms with van der Waals surface area (Å²) in [5, 5.41) is 6.04. The van der Waals surface area contributed by atoms with E-state index in [2.05, 4.69) is 22.5 Å². The van der Waals surface area contributed by atoms with E-state index in [1.54, 1.807) is 6.20 Å². The van der Waals surface area contributed by atoms with Crippen molar-refractivity contribution >= 4 is 11.8 Å². The van der Waals surface area contributed by atoms with Crippen LogP contribution >= 0.6 is 0 Å². The van der Waals surface area contributed by atoms with E-state index in [0.29, 0.717) is 11.2 Å². The number of anilines is 1. The quantitative estimate of drug-likeness (QED) is 0.891. The first kappa shape index (κ1) is 14.0. The van der Waals surface area contributed by atoms with Gasteiger partial charge in [-0.2, -0.15) is 0 Å². The van der Waals surface area contributed by atoms with E-state index in [1.165, 1.54) is 38.5 Å². The van der Waals surface area contributed by atoms with Gasteiger partial charge in [0.05, 0.1) is 0 Å². The molecule has 4 fully saturated rings. The van der Waals surface area contributed by atoms with Crippen LogP contribution in [0.15, 0.2) is 24.4 Å². The van der Waals surface area contributed by atoms with Crippen molar-refractivity contribution in [1.29, 1.82) is 0 Å². The average molecular weight is 299 g/mol. The fourth-order valence-electron chi connectivity index (χ4n) is 5.65. The number of urea groups is 1. The van der Waals surface area contributed by atoms with Gasteiger partial charge >= 0.3 is 6.03 Å². The molecule has 0 aromatic carbocycles. The summed E-state index contributed by atoms with van der Waals surface area (Å²) in [6, 6.07) is 5.66. The number of nitrogens with zero attached hydrogens (tertiary/aromatic N) is 1. The molecule has 5 rings (SSSR count). The third kappa shape index (κ3) is 2.49. The van der Waals surface area contributed by atoms with Gasteiger partial charge in [0.1, 0.15) is 5.82 Å². The molecule has 1 heterocycles. The van der Waals surface area contributed by atoms with Gasteiger partial charge < -0.3 is 5.32 Å². The van der Waals surface area contributed by atoms with Gasteiger partial charge in [-0.3, -0.25) is 5.32 Å². The largest absolute Gasteiger partial charge is 0.335 e. The van der Waals surface area contributed by atoms with Crippen molar-refractivity contribution in [1.82, 2.24) is 10.3 Å². The summed E-state index contributed by atoms with van der Waals surface area (Å²) in [6.07, 6.45) is 9.93. The second-order valence-corrected chi connectivity index (χ2v) is 7.82. The minimum absolute atomic E-state index is 0.123. The molecular weight excluding hydrogens is 274 g/mol. The minimum Gasteiger partial charge on any atom is -0.335 e. The smallest absolute Gasteiger partial charge is 0.320 e. The molecule has 4 nitrogen and oxygen atoms in total. The highest BCUT2D eigenvalue weighted by atomic mass is 16.2. The molecule has 4 aliphatic rings. The highest BCUT2D eigenvalue weighted by Gasteiger charge is 2.53. The number of hydrogen-bond donors (Lipinski definition) is 2. The Kier molecular flexibility index (Phi) is 3.35. The van der Waals surface area contributed by atoms with Crippen LogP contribution in [0.2, 0.25) is 0 Å². The fourth-order valence-corrected chi connectivity index (χ4v) is 5.65. The van der Waals surface area contributed by atoms with Gasteiger partial charge in [0.2, 0.25) is 0 Å². The zero-order valence-electron chi connectivity index (χ0n) is 13.2. The maximum absolute atomic E-state index is 12.3. The molecule has 4 saturated carbocycles. The number of rotatable bonds is 3. The van der Waals surface area contributed by atoms with Gasteiger partial charge in [-0.05, 0) is 80.8 Å². The average Bonchev–Trinajstić information content (AvgIpc) is 2.46. The van der Waals surface area contributed by atoms with E-state index < -0.39 is 0 Å². The van der Waals surface area contributed by atoms with E-state index in [-0.39, 0.29) is 12.1 Å². The molecule has 0 radical (unpaired) electrons. The number of aromatic nitrogens is 1. The van der Waals surface area contributed by atoms with Gasteiger partial charge in [0.25, 0.3) is 0 Å². The first-order valence-electron chi connectivity index (χ1n) is 8.61. The highest BCUT2D eigenvalue weighted by Crippen LogP contribution is 2.61. The molecule has 1 unspecified atom stereocenters. The Morgan fingerprint density at radius 1 is 1.18 bits per heavy atom. The van der Waals surface area contributed by atoms with Gasteiger partial charge in [-0.25, -0.2) is 9.78 Å². The van der Waals surface area contributed by atoms with Crippen LogP contribution in [-0.4, -0.2) is 17.1 Å². The standard InChI is InChI=1S/C18H25N3O/c1-12(20-17(22)21-16-4-2-3-5-19-16)18-9-13-6-14(10-18)8-15(7-13)11-18/h2-5,12-15H,6-11H2,1H3,(H2,19,20,21,22). The summed E-state index contributed by atoms with van der Waals surface area (Å²) in [6.45, 7) is 2.20. The number of hydrogen-bond acceptors (Lipinski definition) is 2. The third-order valence-electron chi connectivity index (χ3n) is 6.26. The van der Waals surface area contributed by atoms with Gasteiger partial charge in [0, 0.05) is 12.2 Å². The SMILES string of the molecule is CC(NC(=O)Nc1ccccn1)C12CC3CC(CC(C3)C1)C2. The zero-order valence-corrected chi connectivity index (χ0v) is 13.2. The molecule has 0 aliphatic heterocycles. The van der Waals surface area contributed by atoms with Gasteiger partial charge in [0.15, 0.2) is 0 Å². The second kappa shape index (κ2) is 5.25. The van der Waals surface area contributed by atoms with Crippen molar-refractivity contribution in [2.24, 2.45) is 23.2 Å². The van der Waals surface area contributed by atoms with E-state index >= 15 is 0 Å². The Labute approximate surface area is 132 Å². The molecule has 4 heteroatoms. The van der Waals surface area contributed by atoms with Crippen LogP contribution in [0.5, 0.6) is 0 Å². The lowest BCUT2D eigenvalue weighted by molar-refractivity contribution is -0.0680. The predicted octanol–water partition coefficient (Wildman–Crippen LogP) is 3.81. The molecule has 4 bridgehead atoms. The number of carbonyl (C=O) groups excluding carboxylic acids is 1. The summed E-state index contributed by atoms with van der Waals surface area (Å²) in [7, 11) is 0. The Morgan fingerprint density at radius 3 is 2.36 bits per heavy atom. The maximum atomic E-state index is 12.3. The summed E-state index contributed by atoms with van der Waals surface area (Å²) in [4.78, 5) is 16.4. The lowest BCUT2D eigenvalue weighted by Gasteiger charge is -2.59. The van der Waals surface area contributed by atoms with E-state index in [1.807, 2.05) is 18.2 Å². The Morgan fingerprint density at radius 2 is 1.82 bits per heavy atom. The monoisotopic (exact) mass is 299 g/mol. The summed E-state index contributed by atoms with van der Waals surface area (Å²) in [5.41, 5.74) is 0.343. The normalized spacial score (nSPS) is 36.9. The number of nitrogens with one attached hydrogen (secondary N) is 2. The first-order chi connectivity index (χ1) is 10.6. The minimum atomic E-state index is -0.123. The Balaban J connectivity index is 1.41. The van der Waals surface area contributed by atoms with Crippen molar-refractivity contribution in [3.63, 3.8) is 0 Å². The van der Waals surface area contributed by atoms with Crippen LogP contribution in [0.4, 0.5) is 10.6 Å². The highest BCUT2D eigenvalue weighted by molar-refractivity contribution is 5.88. The zero-order chi connectivity index (χ0) is 15.2. The molecule has 2 amide bonds. The number of amides is 2. The van der Waals surface area contributed by atoms with Crippen molar-refractivity contribution < 1.29 is 4.79 Å². The van der Waals surface area contributed by atoms with Crippen molar-refractivity contribution in [3.8, 4) is 0 Å². The van der Waals surface area contributed by atoms with Crippen molar-refractivity contribution in [2.75, 3.05) is 5.32 Å². The van der Waals surface area contributed by atoms with Gasteiger partial charge in [-0.1, -0.05) is 6.07 Å². The van der Waals surface area contributed by atoms with Crippen molar-refractivity contribution in [3.05, 3.63) is 24.4 Å². The van der Waals surface area contributed by atoms with Crippen LogP contribution in [0, 0.1) is 23.2 Å². The molecule has 2 N–H and O–H groups in total. The van der Waals surface area contributed by atoms with Crippen LogP contribution in [0.3, 0.4) is 0 Å². The summed E-state index contributed by atoms with van der Waals surface area (Å²) < 4.78 is 0. The molecule has 1 aromatic rings. The van der Waals surface area contributed by atoms with E-state index in [0.717, 1.165) is 17.8 Å². The second-order valence-electron chi connectivity index (χ2n) is 7.82. The Bertz CT molecular complexity index is 521.